The van der Waals surface area contributed by atoms with Gasteiger partial charge in [0.05, 0.1) is 5.01 Å². The van der Waals surface area contributed by atoms with Gasteiger partial charge in [-0.2, -0.15) is 0 Å². The molecule has 0 heterocycles. The zero-order chi connectivity index (χ0) is 8.10. The van der Waals surface area contributed by atoms with E-state index in [0.29, 0.717) is 0 Å². The average Bonchev–Trinajstić information content (AvgIpc) is 2.03. The fourth-order valence-corrected chi connectivity index (χ4v) is 0.636. The summed E-state index contributed by atoms with van der Waals surface area (Å²) in [5.41, 5.74) is 0.876. The minimum Gasteiger partial charge on any atom is -0.0619 e. The lowest BCUT2D eigenvalue weighted by Crippen LogP contribution is -1.95. The van der Waals surface area contributed by atoms with Crippen LogP contribution in [0.3, 0.4) is 0 Å². The molecule has 56 valence electrons. The van der Waals surface area contributed by atoms with E-state index < -0.39 is 0 Å². The van der Waals surface area contributed by atoms with Gasteiger partial charge in [-0.05, 0) is 0 Å². The predicted molar refractivity (Wildman–Crippen MR) is 46.5 cm³/mol. The van der Waals surface area contributed by atoms with Crippen LogP contribution in [-0.2, 0) is 0 Å². The first-order chi connectivity index (χ1) is 5.29. The van der Waals surface area contributed by atoms with Gasteiger partial charge in [0.1, 0.15) is 0 Å². The molecule has 0 saturated carbocycles. The number of diazo groups is 1. The summed E-state index contributed by atoms with van der Waals surface area (Å²) in [6.07, 6.45) is 0. The summed E-state index contributed by atoms with van der Waals surface area (Å²) >= 11 is 0. The van der Waals surface area contributed by atoms with Crippen molar-refractivity contribution in [2.24, 2.45) is 0 Å². The number of hydrogen-bond acceptors (Lipinski definition) is 1. The topological polar surface area (TPSA) is 12.0 Å². The van der Waals surface area contributed by atoms with Crippen molar-refractivity contribution in [3.8, 4) is 0 Å². The van der Waals surface area contributed by atoms with Crippen LogP contribution in [0.15, 0.2) is 30.3 Å². The highest BCUT2D eigenvalue weighted by molar-refractivity contribution is 5.43. The molecule has 0 aliphatic heterocycles. The smallest absolute Gasteiger partial charge is 0.0619 e. The lowest BCUT2D eigenvalue weighted by Gasteiger charge is -1.72. The van der Waals surface area contributed by atoms with Crippen LogP contribution >= 0.6 is 0 Å². The van der Waals surface area contributed by atoms with Gasteiger partial charge >= 0.3 is 10.8 Å². The Hall–Kier alpha value is -1.56. The van der Waals surface area contributed by atoms with Crippen molar-refractivity contribution in [2.75, 3.05) is 14.1 Å². The first kappa shape index (κ1) is 7.55. The summed E-state index contributed by atoms with van der Waals surface area (Å²) in [4.78, 5) is 3.96. The minimum atomic E-state index is 0.876. The molecule has 0 unspecified atom stereocenters. The second kappa shape index (κ2) is 3.57. The Kier molecular flexibility index (Phi) is 2.45. The molecule has 1 rings (SSSR count). The Labute approximate surface area is 66.1 Å². The third-order valence-corrected chi connectivity index (χ3v) is 1.10. The molecule has 0 saturated heterocycles. The maximum Gasteiger partial charge on any atom is 0.465 e. The average molecular weight is 149 g/mol. The maximum atomic E-state index is 3.96. The first-order valence-corrected chi connectivity index (χ1v) is 3.43. The molecule has 0 aromatic heterocycles. The van der Waals surface area contributed by atoms with E-state index in [1.165, 1.54) is 0 Å². The zero-order valence-electron chi connectivity index (χ0n) is 6.73. The van der Waals surface area contributed by atoms with Gasteiger partial charge in [0, 0.05) is 12.1 Å². The molecule has 0 amide bonds. The second-order valence-corrected chi connectivity index (χ2v) is 2.37. The fraction of sp³-hybridized carbons (Fsp3) is 0.250. The van der Waals surface area contributed by atoms with Crippen LogP contribution in [0.2, 0.25) is 0 Å². The Bertz CT molecular complexity index is 268. The van der Waals surface area contributed by atoms with Crippen molar-refractivity contribution in [3.05, 3.63) is 40.4 Å². The van der Waals surface area contributed by atoms with Gasteiger partial charge in [-0.1, -0.05) is 18.2 Å². The highest BCUT2D eigenvalue weighted by Gasteiger charge is 2.05. The van der Waals surface area contributed by atoms with Crippen molar-refractivity contribution in [2.45, 2.75) is 0 Å². The quantitative estimate of drug-likeness (QED) is 0.407. The molecule has 1 aromatic carbocycles. The fourth-order valence-electron chi connectivity index (χ4n) is 0.636. The van der Waals surface area contributed by atoms with Crippen LogP contribution in [0.5, 0.6) is 0 Å². The molecule has 3 heteroatoms. The molecule has 0 atom stereocenters. The van der Waals surface area contributed by atoms with E-state index in [9.17, 15) is 0 Å². The van der Waals surface area contributed by atoms with Gasteiger partial charge in [0.15, 0.2) is 19.1 Å². The largest absolute Gasteiger partial charge is 0.465 e. The van der Waals surface area contributed by atoms with E-state index in [4.69, 9.17) is 0 Å². The zero-order valence-corrected chi connectivity index (χ0v) is 6.73. The van der Waals surface area contributed by atoms with Crippen molar-refractivity contribution >= 4 is 5.69 Å². The molecule has 3 nitrogen and oxygen atoms in total. The van der Waals surface area contributed by atoms with Crippen molar-refractivity contribution in [1.82, 2.24) is 5.01 Å². The van der Waals surface area contributed by atoms with E-state index in [0.717, 1.165) is 5.69 Å². The molecule has 0 bridgehead atoms. The van der Waals surface area contributed by atoms with E-state index in [-0.39, 0.29) is 0 Å². The van der Waals surface area contributed by atoms with E-state index >= 15 is 0 Å². The van der Waals surface area contributed by atoms with Gasteiger partial charge in [0.25, 0.3) is 0 Å². The Morgan fingerprint density at radius 2 is 1.73 bits per heavy atom. The summed E-state index contributed by atoms with van der Waals surface area (Å²) in [6.45, 7) is 0. The number of nitrogens with zero attached hydrogens (tertiary/aromatic N) is 3. The van der Waals surface area contributed by atoms with E-state index in [1.807, 2.05) is 44.4 Å². The van der Waals surface area contributed by atoms with Crippen LogP contribution in [-0.4, -0.2) is 19.1 Å². The van der Waals surface area contributed by atoms with E-state index in [1.54, 1.807) is 5.01 Å². The van der Waals surface area contributed by atoms with Crippen molar-refractivity contribution < 1.29 is 0 Å². The van der Waals surface area contributed by atoms with Crippen LogP contribution < -0.4 is 0 Å². The molecule has 0 aliphatic rings. The number of rotatable bonds is 0. The predicted octanol–water partition coefficient (Wildman–Crippen LogP) is 2.46. The summed E-state index contributed by atoms with van der Waals surface area (Å²) in [5.74, 6) is 0. The van der Waals surface area contributed by atoms with Crippen LogP contribution in [0.1, 0.15) is 0 Å². The summed E-state index contributed by atoms with van der Waals surface area (Å²) in [7, 11) is 3.68. The molecule has 0 fully saturated rings. The second-order valence-electron chi connectivity index (χ2n) is 2.37. The molecule has 0 spiro atoms. The van der Waals surface area contributed by atoms with Gasteiger partial charge in [-0.15, -0.1) is 0 Å². The molecule has 0 radical (unpaired) electrons. The maximum absolute atomic E-state index is 3.96. The van der Waals surface area contributed by atoms with Crippen LogP contribution in [0.4, 0.5) is 5.69 Å². The van der Waals surface area contributed by atoms with Gasteiger partial charge in [-0.25, -0.2) is 0 Å². The molecular formula is C8H11N3+2. The summed E-state index contributed by atoms with van der Waals surface area (Å²) < 4.78 is 0. The molecule has 11 heavy (non-hydrogen) atoms. The number of hydrogen-bond donors (Lipinski definition) is 0. The minimum absolute atomic E-state index is 0.876. The highest BCUT2D eigenvalue weighted by Crippen LogP contribution is 2.09. The summed E-state index contributed by atoms with van der Waals surface area (Å²) in [6, 6.07) is 9.64. The van der Waals surface area contributed by atoms with E-state index in [2.05, 4.69) is 10.1 Å². The normalized spacial score (nSPS) is 8.18. The van der Waals surface area contributed by atoms with Crippen LogP contribution in [0, 0.1) is 0 Å². The van der Waals surface area contributed by atoms with Crippen LogP contribution in [0.25, 0.3) is 10.1 Å². The lowest BCUT2D eigenvalue weighted by molar-refractivity contribution is 0.555. The molecule has 0 N–H and O–H groups in total. The highest BCUT2D eigenvalue weighted by atomic mass is 15.5. The first-order valence-electron chi connectivity index (χ1n) is 3.43. The SMILES string of the molecule is CN(C)[N+]#[N+]c1ccccc1. The third-order valence-electron chi connectivity index (χ3n) is 1.10. The molecular weight excluding hydrogens is 138 g/mol. The third kappa shape index (κ3) is 2.67. The summed E-state index contributed by atoms with van der Waals surface area (Å²) in [5, 5.41) is 5.51. The lowest BCUT2D eigenvalue weighted by atomic mass is 10.3. The Balaban J connectivity index is 2.75. The Morgan fingerprint density at radius 1 is 1.09 bits per heavy atom. The van der Waals surface area contributed by atoms with Crippen molar-refractivity contribution in [3.63, 3.8) is 0 Å². The van der Waals surface area contributed by atoms with Crippen molar-refractivity contribution in [1.29, 1.82) is 0 Å². The molecule has 0 aliphatic carbocycles. The van der Waals surface area contributed by atoms with Gasteiger partial charge in [-0.3, -0.25) is 0 Å². The molecule has 1 aromatic rings. The Morgan fingerprint density at radius 3 is 2.27 bits per heavy atom. The monoisotopic (exact) mass is 149 g/mol. The van der Waals surface area contributed by atoms with Gasteiger partial charge < -0.3 is 0 Å². The standard InChI is InChI=1S/C8H11N3/c1-11(2)10-9-8-6-4-3-5-7-8/h3-7H,1-2H3/q+2. The number of benzene rings is 1. The van der Waals surface area contributed by atoms with Gasteiger partial charge in [0.2, 0.25) is 0 Å².